The highest BCUT2D eigenvalue weighted by Gasteiger charge is 2.22. The van der Waals surface area contributed by atoms with Crippen molar-refractivity contribution in [3.8, 4) is 5.82 Å². The molecule has 4 aromatic heterocycles. The Morgan fingerprint density at radius 1 is 0.828 bits per heavy atom. The fraction of sp³-hybridized carbons (Fsp3) is 0.368. The minimum Gasteiger partial charge on any atom is -0.352 e. The van der Waals surface area contributed by atoms with Crippen LogP contribution in [-0.4, -0.2) is 65.7 Å². The summed E-state index contributed by atoms with van der Waals surface area (Å²) in [4.78, 5) is 9.03. The van der Waals surface area contributed by atoms with Crippen molar-refractivity contribution in [1.29, 1.82) is 0 Å². The molecule has 1 fully saturated rings. The van der Waals surface area contributed by atoms with Gasteiger partial charge in [0.15, 0.2) is 17.5 Å². The summed E-state index contributed by atoms with van der Waals surface area (Å²) in [6.45, 7) is 9.27. The van der Waals surface area contributed by atoms with E-state index in [1.54, 1.807) is 6.20 Å². The molecule has 5 heterocycles. The minimum atomic E-state index is 0.732. The highest BCUT2D eigenvalue weighted by Crippen LogP contribution is 2.21. The Morgan fingerprint density at radius 2 is 1.55 bits per heavy atom. The third-order valence-electron chi connectivity index (χ3n) is 5.25. The molecule has 5 rings (SSSR count). The lowest BCUT2D eigenvalue weighted by atomic mass is 10.3. The van der Waals surface area contributed by atoms with Crippen molar-refractivity contribution in [3.05, 3.63) is 47.8 Å². The van der Waals surface area contributed by atoms with Gasteiger partial charge in [0.25, 0.3) is 0 Å². The van der Waals surface area contributed by atoms with Gasteiger partial charge in [0.05, 0.1) is 5.69 Å². The molecule has 0 aliphatic carbocycles. The van der Waals surface area contributed by atoms with Crippen LogP contribution in [0.3, 0.4) is 0 Å². The first kappa shape index (κ1) is 17.5. The fourth-order valence-electron chi connectivity index (χ4n) is 3.76. The molecule has 0 spiro atoms. The first-order valence-electron chi connectivity index (χ1n) is 9.64. The lowest BCUT2D eigenvalue weighted by Crippen LogP contribution is -2.47. The molecule has 10 heteroatoms. The lowest BCUT2D eigenvalue weighted by molar-refractivity contribution is 0.636. The minimum absolute atomic E-state index is 0.732. The smallest absolute Gasteiger partial charge is 0.203 e. The number of rotatable bonds is 3. The van der Waals surface area contributed by atoms with E-state index in [2.05, 4.69) is 40.3 Å². The molecule has 29 heavy (non-hydrogen) atoms. The van der Waals surface area contributed by atoms with Gasteiger partial charge < -0.3 is 9.80 Å². The van der Waals surface area contributed by atoms with E-state index in [1.165, 1.54) is 0 Å². The second kappa shape index (κ2) is 6.80. The van der Waals surface area contributed by atoms with Crippen LogP contribution in [0.25, 0.3) is 11.5 Å². The molecule has 0 saturated carbocycles. The Bertz CT molecular complexity index is 1150. The number of aromatic nitrogens is 8. The average molecular weight is 390 g/mol. The van der Waals surface area contributed by atoms with Crippen LogP contribution in [-0.2, 0) is 0 Å². The summed E-state index contributed by atoms with van der Waals surface area (Å²) >= 11 is 0. The normalized spacial score (nSPS) is 14.7. The molecule has 0 amide bonds. The first-order valence-corrected chi connectivity index (χ1v) is 9.64. The molecule has 0 N–H and O–H groups in total. The highest BCUT2D eigenvalue weighted by molar-refractivity contribution is 5.64. The second-order valence-corrected chi connectivity index (χ2v) is 7.25. The summed E-state index contributed by atoms with van der Waals surface area (Å²) in [7, 11) is 0. The van der Waals surface area contributed by atoms with Crippen molar-refractivity contribution in [2.24, 2.45) is 0 Å². The third kappa shape index (κ3) is 3.06. The summed E-state index contributed by atoms with van der Waals surface area (Å²) in [5, 5.41) is 21.7. The van der Waals surface area contributed by atoms with Gasteiger partial charge in [-0.25, -0.2) is 9.67 Å². The molecular formula is C19H22N10. The largest absolute Gasteiger partial charge is 0.352 e. The van der Waals surface area contributed by atoms with Crippen molar-refractivity contribution < 1.29 is 0 Å². The number of aryl methyl sites for hydroxylation is 3. The lowest BCUT2D eigenvalue weighted by Gasteiger charge is -2.35. The standard InChI is InChI=1S/C19H22N10/c1-13-12-14(2)29(25-13)17-5-4-16(22-23-17)26-8-10-27(11-9-26)18-19-24-21-15(3)28(19)7-6-20-18/h4-7,12H,8-11H2,1-3H3. The van der Waals surface area contributed by atoms with Crippen LogP contribution in [0.15, 0.2) is 30.6 Å². The van der Waals surface area contributed by atoms with E-state index in [-0.39, 0.29) is 0 Å². The van der Waals surface area contributed by atoms with Crippen LogP contribution in [0.1, 0.15) is 17.2 Å². The maximum atomic E-state index is 4.54. The number of hydrogen-bond acceptors (Lipinski definition) is 8. The summed E-state index contributed by atoms with van der Waals surface area (Å²) in [5.41, 5.74) is 2.81. The topological polar surface area (TPSA) is 93.2 Å². The molecule has 0 radical (unpaired) electrons. The van der Waals surface area contributed by atoms with E-state index in [9.17, 15) is 0 Å². The van der Waals surface area contributed by atoms with Crippen LogP contribution < -0.4 is 9.80 Å². The molecule has 0 bridgehead atoms. The summed E-state index contributed by atoms with van der Waals surface area (Å²) < 4.78 is 3.79. The quantitative estimate of drug-likeness (QED) is 0.518. The van der Waals surface area contributed by atoms with Crippen LogP contribution in [0.2, 0.25) is 0 Å². The van der Waals surface area contributed by atoms with Crippen LogP contribution >= 0.6 is 0 Å². The van der Waals surface area contributed by atoms with Gasteiger partial charge in [-0.3, -0.25) is 4.40 Å². The number of nitrogens with zero attached hydrogens (tertiary/aromatic N) is 10. The molecule has 4 aromatic rings. The Kier molecular flexibility index (Phi) is 4.11. The van der Waals surface area contributed by atoms with E-state index in [1.807, 2.05) is 54.2 Å². The van der Waals surface area contributed by atoms with Crippen molar-refractivity contribution in [2.45, 2.75) is 20.8 Å². The van der Waals surface area contributed by atoms with Crippen LogP contribution in [0.5, 0.6) is 0 Å². The van der Waals surface area contributed by atoms with Gasteiger partial charge in [0.1, 0.15) is 5.82 Å². The van der Waals surface area contributed by atoms with Crippen molar-refractivity contribution >= 4 is 17.3 Å². The van der Waals surface area contributed by atoms with Gasteiger partial charge in [-0.1, -0.05) is 0 Å². The number of piperazine rings is 1. The SMILES string of the molecule is Cc1cc(C)n(-c2ccc(N3CCN(c4nccn5c(C)nnc45)CC3)nn2)n1. The molecule has 1 saturated heterocycles. The van der Waals surface area contributed by atoms with Gasteiger partial charge in [0, 0.05) is 44.3 Å². The summed E-state index contributed by atoms with van der Waals surface area (Å²) in [5.74, 6) is 3.34. The summed E-state index contributed by atoms with van der Waals surface area (Å²) in [6, 6.07) is 6.00. The van der Waals surface area contributed by atoms with Crippen LogP contribution in [0, 0.1) is 20.8 Å². The Hall–Kier alpha value is -3.56. The zero-order chi connectivity index (χ0) is 20.0. The zero-order valence-electron chi connectivity index (χ0n) is 16.7. The maximum Gasteiger partial charge on any atom is 0.203 e. The molecular weight excluding hydrogens is 368 g/mol. The van der Waals surface area contributed by atoms with Crippen molar-refractivity contribution in [2.75, 3.05) is 36.0 Å². The van der Waals surface area contributed by atoms with E-state index in [4.69, 9.17) is 0 Å². The number of fused-ring (bicyclic) bond motifs is 1. The molecule has 1 aliphatic rings. The van der Waals surface area contributed by atoms with Crippen molar-refractivity contribution in [3.63, 3.8) is 0 Å². The predicted octanol–water partition coefficient (Wildman–Crippen LogP) is 1.35. The fourth-order valence-corrected chi connectivity index (χ4v) is 3.76. The van der Waals surface area contributed by atoms with Crippen molar-refractivity contribution in [1.82, 2.24) is 39.6 Å². The molecule has 0 unspecified atom stereocenters. The molecule has 10 nitrogen and oxygen atoms in total. The molecule has 0 aromatic carbocycles. The number of hydrogen-bond donors (Lipinski definition) is 0. The van der Waals surface area contributed by atoms with Gasteiger partial charge >= 0.3 is 0 Å². The summed E-state index contributed by atoms with van der Waals surface area (Å²) in [6.07, 6.45) is 3.69. The maximum absolute atomic E-state index is 4.54. The molecule has 0 atom stereocenters. The Morgan fingerprint density at radius 3 is 2.24 bits per heavy atom. The first-order chi connectivity index (χ1) is 14.1. The third-order valence-corrected chi connectivity index (χ3v) is 5.25. The van der Waals surface area contributed by atoms with Crippen LogP contribution in [0.4, 0.5) is 11.6 Å². The molecule has 148 valence electrons. The van der Waals surface area contributed by atoms with Gasteiger partial charge in [-0.2, -0.15) is 5.10 Å². The Balaban J connectivity index is 1.31. The second-order valence-electron chi connectivity index (χ2n) is 7.25. The van der Waals surface area contributed by atoms with Gasteiger partial charge in [0.2, 0.25) is 5.65 Å². The van der Waals surface area contributed by atoms with E-state index >= 15 is 0 Å². The van der Waals surface area contributed by atoms with E-state index in [0.717, 1.165) is 66.5 Å². The Labute approximate surface area is 167 Å². The zero-order valence-corrected chi connectivity index (χ0v) is 16.7. The van der Waals surface area contributed by atoms with E-state index in [0.29, 0.717) is 0 Å². The average Bonchev–Trinajstić information content (AvgIpc) is 3.30. The highest BCUT2D eigenvalue weighted by atomic mass is 15.4. The van der Waals surface area contributed by atoms with Gasteiger partial charge in [-0.05, 0) is 39.0 Å². The monoisotopic (exact) mass is 390 g/mol. The van der Waals surface area contributed by atoms with Gasteiger partial charge in [-0.15, -0.1) is 20.4 Å². The predicted molar refractivity (Wildman–Crippen MR) is 109 cm³/mol. The molecule has 1 aliphatic heterocycles. The van der Waals surface area contributed by atoms with E-state index < -0.39 is 0 Å². The number of anilines is 2.